The van der Waals surface area contributed by atoms with Crippen molar-refractivity contribution in [2.75, 3.05) is 72.1 Å². The first-order chi connectivity index (χ1) is 19.6. The van der Waals surface area contributed by atoms with Crippen LogP contribution in [0.3, 0.4) is 0 Å². The number of nitrogens with one attached hydrogen (secondary N) is 3. The molecular weight excluding hydrogens is 520 g/mol. The Morgan fingerprint density at radius 2 is 1.76 bits per heavy atom. The Labute approximate surface area is 243 Å². The van der Waals surface area contributed by atoms with Crippen molar-refractivity contribution < 1.29 is 14.4 Å². The van der Waals surface area contributed by atoms with Gasteiger partial charge in [-0.1, -0.05) is 24.8 Å². The Kier molecular flexibility index (Phi) is 13.8. The lowest BCUT2D eigenvalue weighted by Crippen LogP contribution is -2.38. The minimum absolute atomic E-state index is 0.000646. The molecular formula is C30H42N8O3. The first kappa shape index (κ1) is 32.8. The van der Waals surface area contributed by atoms with Crippen molar-refractivity contribution in [2.24, 2.45) is 0 Å². The van der Waals surface area contributed by atoms with Gasteiger partial charge >= 0.3 is 0 Å². The predicted molar refractivity (Wildman–Crippen MR) is 163 cm³/mol. The summed E-state index contributed by atoms with van der Waals surface area (Å²) < 4.78 is 0. The van der Waals surface area contributed by atoms with Gasteiger partial charge in [0.05, 0.1) is 18.3 Å². The Bertz CT molecular complexity index is 1250. The maximum atomic E-state index is 12.2. The second-order valence-electron chi connectivity index (χ2n) is 9.90. The van der Waals surface area contributed by atoms with Crippen LogP contribution in [0.5, 0.6) is 0 Å². The minimum Gasteiger partial charge on any atom is -0.369 e. The molecule has 3 amide bonds. The molecule has 1 heterocycles. The van der Waals surface area contributed by atoms with Crippen LogP contribution in [0.1, 0.15) is 42.1 Å². The Morgan fingerprint density at radius 1 is 1.02 bits per heavy atom. The van der Waals surface area contributed by atoms with Gasteiger partial charge in [-0.2, -0.15) is 4.98 Å². The van der Waals surface area contributed by atoms with E-state index >= 15 is 0 Å². The van der Waals surface area contributed by atoms with Crippen molar-refractivity contribution in [2.45, 2.75) is 26.2 Å². The number of unbranched alkanes of at least 4 members (excludes halogenated alkanes) is 1. The van der Waals surface area contributed by atoms with Gasteiger partial charge in [-0.3, -0.25) is 14.4 Å². The fraction of sp³-hybridized carbons (Fsp3) is 0.433. The molecule has 0 saturated heterocycles. The van der Waals surface area contributed by atoms with Crippen LogP contribution >= 0.6 is 0 Å². The van der Waals surface area contributed by atoms with Crippen LogP contribution in [0.2, 0.25) is 0 Å². The third kappa shape index (κ3) is 12.1. The van der Waals surface area contributed by atoms with Gasteiger partial charge in [0.15, 0.2) is 0 Å². The molecule has 1 aromatic heterocycles. The monoisotopic (exact) mass is 562 g/mol. The molecule has 0 saturated carbocycles. The first-order valence-corrected chi connectivity index (χ1v) is 13.6. The molecule has 41 heavy (non-hydrogen) atoms. The van der Waals surface area contributed by atoms with Gasteiger partial charge in [0.2, 0.25) is 17.8 Å². The topological polar surface area (TPSA) is 123 Å². The van der Waals surface area contributed by atoms with Crippen LogP contribution in [0, 0.1) is 11.8 Å². The highest BCUT2D eigenvalue weighted by atomic mass is 16.2. The number of hydrogen-bond donors (Lipinski definition) is 3. The lowest BCUT2D eigenvalue weighted by molar-refractivity contribution is -0.131. The van der Waals surface area contributed by atoms with Crippen LogP contribution in [-0.4, -0.2) is 104 Å². The molecule has 11 nitrogen and oxygen atoms in total. The molecule has 220 valence electrons. The van der Waals surface area contributed by atoms with Gasteiger partial charge in [-0.25, -0.2) is 4.98 Å². The van der Waals surface area contributed by atoms with Crippen LogP contribution in [0.4, 0.5) is 17.5 Å². The van der Waals surface area contributed by atoms with E-state index in [1.807, 2.05) is 31.1 Å². The number of amides is 3. The highest BCUT2D eigenvalue weighted by molar-refractivity contribution is 5.94. The second-order valence-corrected chi connectivity index (χ2v) is 9.90. The number of aromatic nitrogens is 2. The van der Waals surface area contributed by atoms with Gasteiger partial charge in [0, 0.05) is 64.5 Å². The molecule has 0 atom stereocenters. The summed E-state index contributed by atoms with van der Waals surface area (Å²) in [5.41, 5.74) is 2.05. The maximum Gasteiger partial charge on any atom is 0.253 e. The van der Waals surface area contributed by atoms with E-state index in [1.54, 1.807) is 45.5 Å². The minimum atomic E-state index is -0.212. The van der Waals surface area contributed by atoms with Crippen LogP contribution in [-0.2, 0) is 9.59 Å². The fourth-order valence-corrected chi connectivity index (χ4v) is 3.40. The summed E-state index contributed by atoms with van der Waals surface area (Å²) in [7, 11) is 8.87. The predicted octanol–water partition coefficient (Wildman–Crippen LogP) is 2.57. The van der Waals surface area contributed by atoms with E-state index < -0.39 is 0 Å². The zero-order chi connectivity index (χ0) is 30.2. The van der Waals surface area contributed by atoms with Gasteiger partial charge < -0.3 is 30.7 Å². The van der Waals surface area contributed by atoms with Crippen molar-refractivity contribution in [1.29, 1.82) is 0 Å². The number of likely N-dealkylation sites (N-methyl/N-ethyl adjacent to an activating group) is 2. The van der Waals surface area contributed by atoms with Gasteiger partial charge in [0.1, 0.15) is 5.82 Å². The van der Waals surface area contributed by atoms with Crippen LogP contribution in [0.15, 0.2) is 42.6 Å². The summed E-state index contributed by atoms with van der Waals surface area (Å²) in [6, 6.07) is 7.13. The molecule has 0 fully saturated rings. The Balaban J connectivity index is 1.88. The van der Waals surface area contributed by atoms with Gasteiger partial charge in [-0.05, 0) is 51.2 Å². The quantitative estimate of drug-likeness (QED) is 0.182. The molecule has 11 heteroatoms. The molecule has 0 aliphatic rings. The molecule has 0 unspecified atom stereocenters. The van der Waals surface area contributed by atoms with Gasteiger partial charge in [0.25, 0.3) is 5.91 Å². The summed E-state index contributed by atoms with van der Waals surface area (Å²) in [5.74, 6) is 6.81. The van der Waals surface area contributed by atoms with E-state index in [4.69, 9.17) is 0 Å². The van der Waals surface area contributed by atoms with E-state index in [-0.39, 0.29) is 24.3 Å². The number of hydrogen-bond acceptors (Lipinski definition) is 8. The Hall–Kier alpha value is -4.43. The van der Waals surface area contributed by atoms with E-state index in [2.05, 4.69) is 44.7 Å². The van der Waals surface area contributed by atoms with Gasteiger partial charge in [-0.15, -0.1) is 0 Å². The summed E-state index contributed by atoms with van der Waals surface area (Å²) >= 11 is 0. The zero-order valence-electron chi connectivity index (χ0n) is 25.0. The first-order valence-electron chi connectivity index (χ1n) is 13.6. The number of carbonyl (C=O) groups excluding carboxylic acids is 3. The fourth-order valence-electron chi connectivity index (χ4n) is 3.40. The molecule has 0 bridgehead atoms. The SMILES string of the molecule is CCCNc1nc(Nc2ccc(C(=O)N(C)C)cc2)ncc1C#CCCCNC(=O)CN(C)C(=O)C=CCN(C)C. The van der Waals surface area contributed by atoms with Crippen LogP contribution in [0.25, 0.3) is 0 Å². The maximum absolute atomic E-state index is 12.2. The molecule has 2 aromatic rings. The van der Waals surface area contributed by atoms with Crippen molar-refractivity contribution in [3.05, 3.63) is 53.7 Å². The van der Waals surface area contributed by atoms with Crippen molar-refractivity contribution in [3.63, 3.8) is 0 Å². The van der Waals surface area contributed by atoms with E-state index in [0.717, 1.165) is 18.7 Å². The number of benzene rings is 1. The molecule has 3 N–H and O–H groups in total. The highest BCUT2D eigenvalue weighted by Crippen LogP contribution is 2.18. The average molecular weight is 563 g/mol. The average Bonchev–Trinajstić information content (AvgIpc) is 2.94. The highest BCUT2D eigenvalue weighted by Gasteiger charge is 2.11. The van der Waals surface area contributed by atoms with Crippen molar-refractivity contribution in [1.82, 2.24) is 30.0 Å². The summed E-state index contributed by atoms with van der Waals surface area (Å²) in [6.45, 7) is 3.93. The van der Waals surface area contributed by atoms with Crippen molar-refractivity contribution in [3.8, 4) is 11.8 Å². The number of anilines is 3. The number of nitrogens with zero attached hydrogens (tertiary/aromatic N) is 5. The third-order valence-corrected chi connectivity index (χ3v) is 5.64. The number of carbonyl (C=O) groups is 3. The summed E-state index contributed by atoms with van der Waals surface area (Å²) in [6.07, 6.45) is 7.09. The third-order valence-electron chi connectivity index (χ3n) is 5.64. The molecule has 0 spiro atoms. The lowest BCUT2D eigenvalue weighted by atomic mass is 10.2. The molecule has 0 aliphatic heterocycles. The molecule has 1 aromatic carbocycles. The Morgan fingerprint density at radius 3 is 2.41 bits per heavy atom. The largest absolute Gasteiger partial charge is 0.369 e. The van der Waals surface area contributed by atoms with E-state index in [1.165, 1.54) is 15.9 Å². The van der Waals surface area contributed by atoms with E-state index in [9.17, 15) is 14.4 Å². The lowest BCUT2D eigenvalue weighted by Gasteiger charge is -2.14. The van der Waals surface area contributed by atoms with E-state index in [0.29, 0.717) is 48.8 Å². The summed E-state index contributed by atoms with van der Waals surface area (Å²) in [5, 5.41) is 9.29. The summed E-state index contributed by atoms with van der Waals surface area (Å²) in [4.78, 5) is 50.2. The van der Waals surface area contributed by atoms with Crippen LogP contribution < -0.4 is 16.0 Å². The zero-order valence-corrected chi connectivity index (χ0v) is 25.0. The van der Waals surface area contributed by atoms with Crippen molar-refractivity contribution >= 4 is 35.2 Å². The standard InChI is InChI=1S/C30H42N8O3/c1-7-18-32-28-24(21-33-30(35-28)34-25-16-14-23(15-17-25)29(41)37(4)5)12-9-8-10-19-31-26(39)22-38(6)27(40)13-11-20-36(2)3/h11,13-17,21H,7-8,10,18-20,22H2,1-6H3,(H,31,39)(H2,32,33,34,35). The normalized spacial score (nSPS) is 10.6. The molecule has 0 aliphatic carbocycles. The second kappa shape index (κ2) is 17.3. The molecule has 0 radical (unpaired) electrons. The molecule has 2 rings (SSSR count). The number of rotatable bonds is 14. The smallest absolute Gasteiger partial charge is 0.253 e.